The Hall–Kier alpha value is -1.53. The normalized spacial score (nSPS) is 12.0. The molecule has 0 bridgehead atoms. The smallest absolute Gasteiger partial charge is 0.294 e. The Labute approximate surface area is 92.0 Å². The zero-order chi connectivity index (χ0) is 13.4. The molecule has 0 aromatic heterocycles. The van der Waals surface area contributed by atoms with Crippen LogP contribution in [0.1, 0.15) is 34.8 Å². The number of ketones is 1. The summed E-state index contributed by atoms with van der Waals surface area (Å²) in [6, 6.07) is 0.156. The Kier molecular flexibility index (Phi) is 3.49. The van der Waals surface area contributed by atoms with Gasteiger partial charge in [-0.05, 0) is 19.1 Å². The first kappa shape index (κ1) is 13.5. The van der Waals surface area contributed by atoms with E-state index in [1.165, 1.54) is 0 Å². The number of benzene rings is 1. The predicted octanol–water partition coefficient (Wildman–Crippen LogP) is 3.98. The van der Waals surface area contributed by atoms with Crippen molar-refractivity contribution in [2.45, 2.75) is 19.5 Å². The standard InChI is InChI=1S/C10H6F6O/c1-4(17)5-2-7(10(14,15)16)8(11)3-6(5)9(12)13/h2-3,9H,1H3. The fourth-order valence-corrected chi connectivity index (χ4v) is 1.29. The van der Waals surface area contributed by atoms with Gasteiger partial charge in [0.2, 0.25) is 0 Å². The number of carbonyl (C=O) groups excluding carboxylic acids is 1. The SMILES string of the molecule is CC(=O)c1cc(C(F)(F)F)c(F)cc1C(F)F. The van der Waals surface area contributed by atoms with Crippen molar-refractivity contribution in [1.82, 2.24) is 0 Å². The molecule has 0 aliphatic rings. The average molecular weight is 256 g/mol. The maximum absolute atomic E-state index is 13.0. The third-order valence-corrected chi connectivity index (χ3v) is 2.06. The lowest BCUT2D eigenvalue weighted by atomic mass is 10.0. The summed E-state index contributed by atoms with van der Waals surface area (Å²) < 4.78 is 74.6. The van der Waals surface area contributed by atoms with Gasteiger partial charge in [-0.15, -0.1) is 0 Å². The Balaban J connectivity index is 3.51. The molecule has 0 radical (unpaired) electrons. The van der Waals surface area contributed by atoms with E-state index in [-0.39, 0.29) is 12.1 Å². The number of alkyl halides is 5. The van der Waals surface area contributed by atoms with Crippen LogP contribution in [0.5, 0.6) is 0 Å². The topological polar surface area (TPSA) is 17.1 Å². The van der Waals surface area contributed by atoms with E-state index >= 15 is 0 Å². The molecule has 0 N–H and O–H groups in total. The highest BCUT2D eigenvalue weighted by Crippen LogP contribution is 2.35. The molecule has 0 aliphatic heterocycles. The van der Waals surface area contributed by atoms with Crippen molar-refractivity contribution < 1.29 is 31.1 Å². The Morgan fingerprint density at radius 1 is 1.24 bits per heavy atom. The lowest BCUT2D eigenvalue weighted by Crippen LogP contribution is -2.12. The van der Waals surface area contributed by atoms with Crippen LogP contribution in [0.25, 0.3) is 0 Å². The summed E-state index contributed by atoms with van der Waals surface area (Å²) in [7, 11) is 0. The van der Waals surface area contributed by atoms with Gasteiger partial charge in [-0.2, -0.15) is 13.2 Å². The van der Waals surface area contributed by atoms with Crippen LogP contribution in [0.15, 0.2) is 12.1 Å². The fraction of sp³-hybridized carbons (Fsp3) is 0.300. The predicted molar refractivity (Wildman–Crippen MR) is 46.4 cm³/mol. The second-order valence-corrected chi connectivity index (χ2v) is 3.27. The molecular weight excluding hydrogens is 250 g/mol. The average Bonchev–Trinajstić information content (AvgIpc) is 2.14. The second kappa shape index (κ2) is 4.38. The van der Waals surface area contributed by atoms with E-state index in [2.05, 4.69) is 0 Å². The summed E-state index contributed by atoms with van der Waals surface area (Å²) >= 11 is 0. The van der Waals surface area contributed by atoms with Crippen molar-refractivity contribution in [1.29, 1.82) is 0 Å². The van der Waals surface area contributed by atoms with E-state index < -0.39 is 40.9 Å². The monoisotopic (exact) mass is 256 g/mol. The fourth-order valence-electron chi connectivity index (χ4n) is 1.29. The maximum Gasteiger partial charge on any atom is 0.419 e. The van der Waals surface area contributed by atoms with Gasteiger partial charge in [-0.1, -0.05) is 0 Å². The molecular formula is C10H6F6O. The molecule has 94 valence electrons. The van der Waals surface area contributed by atoms with Crippen molar-refractivity contribution in [3.8, 4) is 0 Å². The summed E-state index contributed by atoms with van der Waals surface area (Å²) in [5.74, 6) is -2.80. The zero-order valence-corrected chi connectivity index (χ0v) is 8.41. The first-order chi connectivity index (χ1) is 7.64. The summed E-state index contributed by atoms with van der Waals surface area (Å²) in [5.41, 5.74) is -3.59. The summed E-state index contributed by atoms with van der Waals surface area (Å²) in [6.45, 7) is 0.833. The van der Waals surface area contributed by atoms with Gasteiger partial charge in [0.15, 0.2) is 5.78 Å². The van der Waals surface area contributed by atoms with E-state index in [9.17, 15) is 31.1 Å². The number of rotatable bonds is 2. The molecule has 0 spiro atoms. The molecule has 0 saturated heterocycles. The third kappa shape index (κ3) is 2.78. The molecule has 1 rings (SSSR count). The van der Waals surface area contributed by atoms with Crippen LogP contribution in [0, 0.1) is 5.82 Å². The Morgan fingerprint density at radius 3 is 2.12 bits per heavy atom. The highest BCUT2D eigenvalue weighted by atomic mass is 19.4. The molecule has 0 heterocycles. The number of hydrogen-bond acceptors (Lipinski definition) is 1. The van der Waals surface area contributed by atoms with Crippen molar-refractivity contribution >= 4 is 5.78 Å². The first-order valence-corrected chi connectivity index (χ1v) is 4.34. The minimum Gasteiger partial charge on any atom is -0.294 e. The molecule has 0 atom stereocenters. The summed E-state index contributed by atoms with van der Waals surface area (Å²) in [4.78, 5) is 10.9. The van der Waals surface area contributed by atoms with Crippen LogP contribution < -0.4 is 0 Å². The van der Waals surface area contributed by atoms with Crippen LogP contribution in [-0.4, -0.2) is 5.78 Å². The molecule has 0 fully saturated rings. The molecule has 7 heteroatoms. The van der Waals surface area contributed by atoms with Crippen molar-refractivity contribution in [3.63, 3.8) is 0 Å². The Bertz CT molecular complexity index is 449. The van der Waals surface area contributed by atoms with E-state index in [1.807, 2.05) is 0 Å². The van der Waals surface area contributed by atoms with Gasteiger partial charge in [-0.25, -0.2) is 13.2 Å². The highest BCUT2D eigenvalue weighted by Gasteiger charge is 2.36. The van der Waals surface area contributed by atoms with Crippen molar-refractivity contribution in [2.75, 3.05) is 0 Å². The number of halogens is 6. The second-order valence-electron chi connectivity index (χ2n) is 3.27. The maximum atomic E-state index is 13.0. The first-order valence-electron chi connectivity index (χ1n) is 4.34. The van der Waals surface area contributed by atoms with Crippen LogP contribution in [-0.2, 0) is 6.18 Å². The van der Waals surface area contributed by atoms with E-state index in [4.69, 9.17) is 0 Å². The number of carbonyl (C=O) groups is 1. The molecule has 0 amide bonds. The van der Waals surface area contributed by atoms with E-state index in [1.54, 1.807) is 0 Å². The van der Waals surface area contributed by atoms with Gasteiger partial charge in [0.25, 0.3) is 6.43 Å². The number of Topliss-reactive ketones (excluding diaryl/α,β-unsaturated/α-hetero) is 1. The minimum absolute atomic E-state index is 0.0459. The highest BCUT2D eigenvalue weighted by molar-refractivity contribution is 5.95. The van der Waals surface area contributed by atoms with Gasteiger partial charge in [0.05, 0.1) is 5.56 Å². The molecule has 0 aliphatic carbocycles. The largest absolute Gasteiger partial charge is 0.419 e. The van der Waals surface area contributed by atoms with Crippen LogP contribution in [0.4, 0.5) is 26.3 Å². The van der Waals surface area contributed by atoms with E-state index in [0.717, 1.165) is 6.92 Å². The zero-order valence-electron chi connectivity index (χ0n) is 8.41. The van der Waals surface area contributed by atoms with E-state index in [0.29, 0.717) is 0 Å². The molecule has 1 aromatic carbocycles. The lowest BCUT2D eigenvalue weighted by Gasteiger charge is -2.12. The van der Waals surface area contributed by atoms with Crippen LogP contribution in [0.2, 0.25) is 0 Å². The molecule has 1 aromatic rings. The molecule has 1 nitrogen and oxygen atoms in total. The van der Waals surface area contributed by atoms with Crippen molar-refractivity contribution in [3.05, 3.63) is 34.6 Å². The quantitative estimate of drug-likeness (QED) is 0.577. The van der Waals surface area contributed by atoms with Gasteiger partial charge in [0, 0.05) is 11.1 Å². The van der Waals surface area contributed by atoms with Crippen LogP contribution in [0.3, 0.4) is 0 Å². The summed E-state index contributed by atoms with van der Waals surface area (Å²) in [5, 5.41) is 0. The Morgan fingerprint density at radius 2 is 1.76 bits per heavy atom. The summed E-state index contributed by atoms with van der Waals surface area (Å²) in [6.07, 6.45) is -8.25. The molecule has 0 saturated carbocycles. The van der Waals surface area contributed by atoms with Crippen LogP contribution >= 0.6 is 0 Å². The van der Waals surface area contributed by atoms with Gasteiger partial charge in [-0.3, -0.25) is 4.79 Å². The van der Waals surface area contributed by atoms with Gasteiger partial charge in [0.1, 0.15) is 5.82 Å². The number of hydrogen-bond donors (Lipinski definition) is 0. The molecule has 0 unspecified atom stereocenters. The lowest BCUT2D eigenvalue weighted by molar-refractivity contribution is -0.140. The molecule has 17 heavy (non-hydrogen) atoms. The minimum atomic E-state index is -5.03. The van der Waals surface area contributed by atoms with Crippen molar-refractivity contribution in [2.24, 2.45) is 0 Å². The van der Waals surface area contributed by atoms with Gasteiger partial charge < -0.3 is 0 Å². The van der Waals surface area contributed by atoms with Gasteiger partial charge >= 0.3 is 6.18 Å². The third-order valence-electron chi connectivity index (χ3n) is 2.06.